The number of alkyl carbamates (subject to hydrolysis) is 1. The topological polar surface area (TPSA) is 78.9 Å². The van der Waals surface area contributed by atoms with E-state index in [0.717, 1.165) is 18.4 Å². The van der Waals surface area contributed by atoms with Crippen LogP contribution in [0.2, 0.25) is 0 Å². The Labute approximate surface area is 129 Å². The van der Waals surface area contributed by atoms with Crippen molar-refractivity contribution in [1.82, 2.24) is 10.2 Å². The Hall–Kier alpha value is -2.24. The molecule has 0 aromatic heterocycles. The lowest BCUT2D eigenvalue weighted by atomic mass is 9.98. The Balaban J connectivity index is 1.48. The summed E-state index contributed by atoms with van der Waals surface area (Å²) in [5.41, 5.74) is 0.943. The molecule has 2 aliphatic rings. The van der Waals surface area contributed by atoms with Crippen LogP contribution in [0.5, 0.6) is 0 Å². The zero-order valence-corrected chi connectivity index (χ0v) is 12.3. The number of piperidine rings is 1. The number of carbonyl (C=O) groups excluding carboxylic acids is 1. The summed E-state index contributed by atoms with van der Waals surface area (Å²) in [4.78, 5) is 24.6. The number of nitrogens with zero attached hydrogens (tertiary/aromatic N) is 1. The van der Waals surface area contributed by atoms with Crippen LogP contribution in [0.1, 0.15) is 31.2 Å². The van der Waals surface area contributed by atoms with Crippen LogP contribution >= 0.6 is 0 Å². The monoisotopic (exact) mass is 304 g/mol. The Morgan fingerprint density at radius 2 is 1.82 bits per heavy atom. The predicted molar refractivity (Wildman–Crippen MR) is 79.5 cm³/mol. The molecule has 2 N–H and O–H groups in total. The van der Waals surface area contributed by atoms with Crippen molar-refractivity contribution in [2.75, 3.05) is 0 Å². The Kier molecular flexibility index (Phi) is 4.18. The zero-order valence-electron chi connectivity index (χ0n) is 12.3. The fourth-order valence-electron chi connectivity index (χ4n) is 3.54. The quantitative estimate of drug-likeness (QED) is 0.899. The van der Waals surface area contributed by atoms with Gasteiger partial charge >= 0.3 is 12.2 Å². The third kappa shape index (κ3) is 3.16. The van der Waals surface area contributed by atoms with E-state index in [4.69, 9.17) is 4.74 Å². The summed E-state index contributed by atoms with van der Waals surface area (Å²) >= 11 is 0. The van der Waals surface area contributed by atoms with E-state index in [1.54, 1.807) is 4.90 Å². The maximum absolute atomic E-state index is 11.9. The molecule has 0 radical (unpaired) electrons. The van der Waals surface area contributed by atoms with E-state index >= 15 is 0 Å². The lowest BCUT2D eigenvalue weighted by Crippen LogP contribution is -2.52. The molecular weight excluding hydrogens is 284 g/mol. The van der Waals surface area contributed by atoms with Crippen LogP contribution in [-0.2, 0) is 11.3 Å². The van der Waals surface area contributed by atoms with Gasteiger partial charge in [-0.3, -0.25) is 0 Å². The van der Waals surface area contributed by atoms with Crippen molar-refractivity contribution in [2.45, 2.75) is 50.4 Å². The molecule has 0 aliphatic carbocycles. The molecule has 0 spiro atoms. The summed E-state index contributed by atoms with van der Waals surface area (Å²) in [7, 11) is 0. The van der Waals surface area contributed by atoms with Crippen LogP contribution in [0.4, 0.5) is 9.59 Å². The van der Waals surface area contributed by atoms with E-state index in [1.807, 2.05) is 30.3 Å². The third-order valence-electron chi connectivity index (χ3n) is 4.49. The van der Waals surface area contributed by atoms with Crippen molar-refractivity contribution < 1.29 is 19.4 Å². The van der Waals surface area contributed by atoms with E-state index in [2.05, 4.69) is 5.32 Å². The van der Waals surface area contributed by atoms with Gasteiger partial charge in [-0.25, -0.2) is 9.59 Å². The molecule has 2 heterocycles. The average molecular weight is 304 g/mol. The highest BCUT2D eigenvalue weighted by atomic mass is 16.5. The molecule has 6 nitrogen and oxygen atoms in total. The second-order valence-corrected chi connectivity index (χ2v) is 5.95. The van der Waals surface area contributed by atoms with E-state index in [-0.39, 0.29) is 24.7 Å². The van der Waals surface area contributed by atoms with Gasteiger partial charge in [-0.1, -0.05) is 30.3 Å². The Bertz CT molecular complexity index is 534. The van der Waals surface area contributed by atoms with Crippen LogP contribution in [0, 0.1) is 0 Å². The standard InChI is InChI=1S/C16H20N2O4/c19-15(22-10-11-4-2-1-3-5-11)17-12-8-13-6-7-14(9-12)18(13)16(20)21/h1-5,12-14H,6-10H2,(H,17,19)(H,20,21)/t12-,13+,14-. The van der Waals surface area contributed by atoms with Crippen molar-refractivity contribution in [3.05, 3.63) is 35.9 Å². The van der Waals surface area contributed by atoms with Gasteiger partial charge in [-0.15, -0.1) is 0 Å². The van der Waals surface area contributed by atoms with E-state index in [0.29, 0.717) is 12.8 Å². The number of hydrogen-bond donors (Lipinski definition) is 2. The second-order valence-electron chi connectivity index (χ2n) is 5.95. The molecule has 1 aromatic carbocycles. The van der Waals surface area contributed by atoms with Crippen molar-refractivity contribution in [3.8, 4) is 0 Å². The number of nitrogens with one attached hydrogen (secondary N) is 1. The first-order chi connectivity index (χ1) is 10.6. The molecule has 22 heavy (non-hydrogen) atoms. The van der Waals surface area contributed by atoms with Crippen molar-refractivity contribution in [1.29, 1.82) is 0 Å². The maximum atomic E-state index is 11.9. The molecule has 1 aromatic rings. The SMILES string of the molecule is O=C(N[C@H]1C[C@H]2CC[C@@H](C1)N2C(=O)O)OCc1ccccc1. The van der Waals surface area contributed by atoms with Crippen LogP contribution < -0.4 is 5.32 Å². The van der Waals surface area contributed by atoms with E-state index in [1.165, 1.54) is 0 Å². The van der Waals surface area contributed by atoms with Gasteiger partial charge in [0, 0.05) is 18.1 Å². The molecule has 3 rings (SSSR count). The van der Waals surface area contributed by atoms with Gasteiger partial charge in [-0.2, -0.15) is 0 Å². The molecule has 2 saturated heterocycles. The summed E-state index contributed by atoms with van der Waals surface area (Å²) in [6.45, 7) is 0.244. The van der Waals surface area contributed by atoms with E-state index in [9.17, 15) is 14.7 Å². The third-order valence-corrected chi connectivity index (χ3v) is 4.49. The van der Waals surface area contributed by atoms with Crippen molar-refractivity contribution >= 4 is 12.2 Å². The lowest BCUT2D eigenvalue weighted by Gasteiger charge is -2.37. The van der Waals surface area contributed by atoms with Gasteiger partial charge in [0.15, 0.2) is 0 Å². The number of rotatable bonds is 3. The Morgan fingerprint density at radius 3 is 2.41 bits per heavy atom. The fraction of sp³-hybridized carbons (Fsp3) is 0.500. The summed E-state index contributed by atoms with van der Waals surface area (Å²) in [5, 5.41) is 12.1. The highest BCUT2D eigenvalue weighted by Gasteiger charge is 2.43. The first-order valence-electron chi connectivity index (χ1n) is 7.62. The van der Waals surface area contributed by atoms with Crippen LogP contribution in [0.15, 0.2) is 30.3 Å². The summed E-state index contributed by atoms with van der Waals surface area (Å²) < 4.78 is 5.22. The summed E-state index contributed by atoms with van der Waals surface area (Å²) in [5.74, 6) is 0. The summed E-state index contributed by atoms with van der Waals surface area (Å²) in [6.07, 6.45) is 1.82. The van der Waals surface area contributed by atoms with Crippen LogP contribution in [0.25, 0.3) is 0 Å². The number of benzene rings is 1. The first kappa shape index (κ1) is 14.7. The maximum Gasteiger partial charge on any atom is 0.407 e. The van der Waals surface area contributed by atoms with Crippen LogP contribution in [-0.4, -0.2) is 40.3 Å². The van der Waals surface area contributed by atoms with Gasteiger partial charge in [-0.05, 0) is 31.2 Å². The number of fused-ring (bicyclic) bond motifs is 2. The normalized spacial score (nSPS) is 26.5. The number of carboxylic acid groups (broad SMARTS) is 1. The number of ether oxygens (including phenoxy) is 1. The van der Waals surface area contributed by atoms with Crippen LogP contribution in [0.3, 0.4) is 0 Å². The van der Waals surface area contributed by atoms with Crippen molar-refractivity contribution in [2.24, 2.45) is 0 Å². The largest absolute Gasteiger partial charge is 0.465 e. The molecule has 118 valence electrons. The smallest absolute Gasteiger partial charge is 0.407 e. The highest BCUT2D eigenvalue weighted by Crippen LogP contribution is 2.35. The van der Waals surface area contributed by atoms with Gasteiger partial charge in [0.05, 0.1) is 0 Å². The van der Waals surface area contributed by atoms with Crippen molar-refractivity contribution in [3.63, 3.8) is 0 Å². The second kappa shape index (κ2) is 6.25. The van der Waals surface area contributed by atoms with Gasteiger partial charge in [0.25, 0.3) is 0 Å². The molecule has 0 saturated carbocycles. The molecule has 2 aliphatic heterocycles. The van der Waals surface area contributed by atoms with E-state index < -0.39 is 12.2 Å². The minimum Gasteiger partial charge on any atom is -0.465 e. The number of hydrogen-bond acceptors (Lipinski definition) is 3. The number of amides is 2. The molecule has 3 atom stereocenters. The Morgan fingerprint density at radius 1 is 1.18 bits per heavy atom. The highest BCUT2D eigenvalue weighted by molar-refractivity contribution is 5.68. The molecular formula is C16H20N2O4. The van der Waals surface area contributed by atoms with Gasteiger partial charge < -0.3 is 20.1 Å². The molecule has 0 unspecified atom stereocenters. The fourth-order valence-corrected chi connectivity index (χ4v) is 3.54. The molecule has 2 bridgehead atoms. The minimum absolute atomic E-state index is 0.00336. The molecule has 2 fully saturated rings. The van der Waals surface area contributed by atoms with Gasteiger partial charge in [0.1, 0.15) is 6.61 Å². The van der Waals surface area contributed by atoms with Gasteiger partial charge in [0.2, 0.25) is 0 Å². The predicted octanol–water partition coefficient (Wildman–Crippen LogP) is 2.59. The lowest BCUT2D eigenvalue weighted by molar-refractivity contribution is 0.0873. The molecule has 6 heteroatoms. The minimum atomic E-state index is -0.849. The number of carbonyl (C=O) groups is 2. The summed E-state index contributed by atoms with van der Waals surface area (Å²) in [6, 6.07) is 9.56. The first-order valence-corrected chi connectivity index (χ1v) is 7.62. The molecule has 2 amide bonds. The zero-order chi connectivity index (χ0) is 15.5. The average Bonchev–Trinajstić information content (AvgIpc) is 2.78.